The van der Waals surface area contributed by atoms with Crippen molar-refractivity contribution in [3.63, 3.8) is 0 Å². The minimum absolute atomic E-state index is 0.0505. The Morgan fingerprint density at radius 3 is 2.95 bits per heavy atom. The van der Waals surface area contributed by atoms with Gasteiger partial charge in [-0.3, -0.25) is 4.79 Å². The van der Waals surface area contributed by atoms with E-state index in [1.807, 2.05) is 31.7 Å². The Morgan fingerprint density at radius 1 is 1.63 bits per heavy atom. The van der Waals surface area contributed by atoms with Crippen LogP contribution in [-0.4, -0.2) is 28.0 Å². The molecule has 1 amide bonds. The molecule has 0 radical (unpaired) electrons. The molecule has 0 saturated carbocycles. The molecule has 1 aromatic heterocycles. The second-order valence-corrected chi connectivity index (χ2v) is 6.10. The first-order chi connectivity index (χ1) is 8.87. The fourth-order valence-corrected chi connectivity index (χ4v) is 2.47. The van der Waals surface area contributed by atoms with Gasteiger partial charge in [-0.05, 0) is 40.0 Å². The highest BCUT2D eigenvalue weighted by Gasteiger charge is 2.32. The van der Waals surface area contributed by atoms with Crippen molar-refractivity contribution in [1.82, 2.24) is 10.1 Å². The zero-order valence-corrected chi connectivity index (χ0v) is 12.0. The highest BCUT2D eigenvalue weighted by Crippen LogP contribution is 2.33. The van der Waals surface area contributed by atoms with Crippen molar-refractivity contribution in [1.29, 1.82) is 0 Å². The summed E-state index contributed by atoms with van der Waals surface area (Å²) in [6, 6.07) is 1.97. The fourth-order valence-electron chi connectivity index (χ4n) is 2.47. The number of amides is 1. The van der Waals surface area contributed by atoms with Crippen molar-refractivity contribution in [2.45, 2.75) is 58.0 Å². The first kappa shape index (κ1) is 14.1. The minimum atomic E-state index is -0.298. The van der Waals surface area contributed by atoms with Crippen LogP contribution in [0.1, 0.15) is 57.0 Å². The summed E-state index contributed by atoms with van der Waals surface area (Å²) in [6.45, 7) is 6.59. The average molecular weight is 265 g/mol. The van der Waals surface area contributed by atoms with Crippen LogP contribution in [0, 0.1) is 6.92 Å². The monoisotopic (exact) mass is 265 g/mol. The predicted octanol–water partition coefficient (Wildman–Crippen LogP) is 2.16. The molecule has 2 N–H and O–H groups in total. The molecule has 0 aliphatic carbocycles. The number of rotatable bonds is 4. The van der Waals surface area contributed by atoms with Crippen LogP contribution in [0.25, 0.3) is 0 Å². The largest absolute Gasteiger partial charge is 0.359 e. The van der Waals surface area contributed by atoms with E-state index in [-0.39, 0.29) is 17.5 Å². The number of carbonyl (C=O) groups excluding carboxylic acids is 1. The molecule has 2 rings (SSSR count). The number of aryl methyl sites for hydroxylation is 1. The van der Waals surface area contributed by atoms with Gasteiger partial charge < -0.3 is 15.2 Å². The summed E-state index contributed by atoms with van der Waals surface area (Å²) >= 11 is 0. The number of nitrogens with zero attached hydrogens (tertiary/aromatic N) is 2. The lowest BCUT2D eigenvalue weighted by Crippen LogP contribution is -2.36. The molecule has 1 aliphatic rings. The van der Waals surface area contributed by atoms with Crippen molar-refractivity contribution < 1.29 is 9.32 Å². The quantitative estimate of drug-likeness (QED) is 0.905. The Hall–Kier alpha value is -1.36. The van der Waals surface area contributed by atoms with E-state index in [9.17, 15) is 4.79 Å². The third-order valence-electron chi connectivity index (χ3n) is 3.53. The highest BCUT2D eigenvalue weighted by molar-refractivity contribution is 5.77. The van der Waals surface area contributed by atoms with Crippen LogP contribution >= 0.6 is 0 Å². The van der Waals surface area contributed by atoms with E-state index in [1.165, 1.54) is 0 Å². The summed E-state index contributed by atoms with van der Waals surface area (Å²) in [5.41, 5.74) is 6.49. The maximum absolute atomic E-state index is 12.3. The van der Waals surface area contributed by atoms with Gasteiger partial charge in [-0.15, -0.1) is 0 Å². The zero-order chi connectivity index (χ0) is 14.0. The maximum Gasteiger partial charge on any atom is 0.223 e. The molecule has 1 atom stereocenters. The maximum atomic E-state index is 12.3. The van der Waals surface area contributed by atoms with Crippen molar-refractivity contribution in [3.05, 3.63) is 17.5 Å². The van der Waals surface area contributed by atoms with Gasteiger partial charge in [0.05, 0.1) is 11.7 Å². The Kier molecular flexibility index (Phi) is 3.94. The average Bonchev–Trinajstić information content (AvgIpc) is 2.92. The lowest BCUT2D eigenvalue weighted by molar-refractivity contribution is -0.132. The molecule has 106 valence electrons. The summed E-state index contributed by atoms with van der Waals surface area (Å²) in [6.07, 6.45) is 3.16. The van der Waals surface area contributed by atoms with Gasteiger partial charge in [0.2, 0.25) is 5.91 Å². The predicted molar refractivity (Wildman–Crippen MR) is 72.4 cm³/mol. The summed E-state index contributed by atoms with van der Waals surface area (Å²) in [7, 11) is 0. The van der Waals surface area contributed by atoms with Crippen LogP contribution in [0.3, 0.4) is 0 Å². The van der Waals surface area contributed by atoms with Crippen molar-refractivity contribution in [3.8, 4) is 0 Å². The minimum Gasteiger partial charge on any atom is -0.359 e. The molecule has 5 nitrogen and oxygen atoms in total. The molecule has 5 heteroatoms. The molecule has 1 unspecified atom stereocenters. The van der Waals surface area contributed by atoms with E-state index in [2.05, 4.69) is 5.16 Å². The Labute approximate surface area is 114 Å². The van der Waals surface area contributed by atoms with E-state index in [1.54, 1.807) is 0 Å². The van der Waals surface area contributed by atoms with E-state index in [4.69, 9.17) is 10.3 Å². The molecule has 0 aromatic carbocycles. The molecule has 1 aromatic rings. The van der Waals surface area contributed by atoms with Crippen molar-refractivity contribution in [2.75, 3.05) is 6.54 Å². The van der Waals surface area contributed by atoms with Crippen molar-refractivity contribution >= 4 is 5.91 Å². The van der Waals surface area contributed by atoms with Gasteiger partial charge in [0.25, 0.3) is 0 Å². The fraction of sp³-hybridized carbons (Fsp3) is 0.714. The Morgan fingerprint density at radius 2 is 2.37 bits per heavy atom. The van der Waals surface area contributed by atoms with Crippen molar-refractivity contribution in [2.24, 2.45) is 5.73 Å². The summed E-state index contributed by atoms with van der Waals surface area (Å²) in [4.78, 5) is 14.2. The van der Waals surface area contributed by atoms with Gasteiger partial charge in [-0.25, -0.2) is 0 Å². The van der Waals surface area contributed by atoms with Crippen LogP contribution in [0.4, 0.5) is 0 Å². The zero-order valence-electron chi connectivity index (χ0n) is 12.0. The summed E-state index contributed by atoms with van der Waals surface area (Å²) in [5.74, 6) is 0.963. The third-order valence-corrected chi connectivity index (χ3v) is 3.53. The summed E-state index contributed by atoms with van der Waals surface area (Å²) < 4.78 is 5.31. The van der Waals surface area contributed by atoms with Gasteiger partial charge in [-0.2, -0.15) is 0 Å². The molecule has 19 heavy (non-hydrogen) atoms. The van der Waals surface area contributed by atoms with Gasteiger partial charge in [0, 0.05) is 24.6 Å². The van der Waals surface area contributed by atoms with Gasteiger partial charge in [0.1, 0.15) is 0 Å². The van der Waals surface area contributed by atoms with Gasteiger partial charge >= 0.3 is 0 Å². The first-order valence-electron chi connectivity index (χ1n) is 6.88. The van der Waals surface area contributed by atoms with Crippen LogP contribution in [0.2, 0.25) is 0 Å². The SMILES string of the molecule is Cc1cc(C2CCCN2C(=O)CCC(C)(C)N)on1. The van der Waals surface area contributed by atoms with E-state index < -0.39 is 0 Å². The molecule has 1 saturated heterocycles. The number of nitrogens with two attached hydrogens (primary N) is 1. The summed E-state index contributed by atoms with van der Waals surface area (Å²) in [5, 5.41) is 3.91. The molecule has 1 fully saturated rings. The van der Waals surface area contributed by atoms with Crippen LogP contribution in [-0.2, 0) is 4.79 Å². The number of likely N-dealkylation sites (tertiary alicyclic amines) is 1. The van der Waals surface area contributed by atoms with E-state index in [0.29, 0.717) is 12.8 Å². The Bertz CT molecular complexity index is 448. The third kappa shape index (κ3) is 3.56. The second kappa shape index (κ2) is 5.33. The standard InChI is InChI=1S/C14H23N3O2/c1-10-9-12(19-16-10)11-5-4-8-17(11)13(18)6-7-14(2,3)15/h9,11H,4-8,15H2,1-3H3. The molecule has 2 heterocycles. The molecular formula is C14H23N3O2. The molecule has 0 bridgehead atoms. The van der Waals surface area contributed by atoms with E-state index in [0.717, 1.165) is 30.8 Å². The number of hydrogen-bond acceptors (Lipinski definition) is 4. The molecular weight excluding hydrogens is 242 g/mol. The van der Waals surface area contributed by atoms with Gasteiger partial charge in [-0.1, -0.05) is 5.16 Å². The lowest BCUT2D eigenvalue weighted by Gasteiger charge is -2.25. The Balaban J connectivity index is 2.00. The second-order valence-electron chi connectivity index (χ2n) is 6.10. The molecule has 1 aliphatic heterocycles. The highest BCUT2D eigenvalue weighted by atomic mass is 16.5. The van der Waals surface area contributed by atoms with Gasteiger partial charge in [0.15, 0.2) is 5.76 Å². The number of carbonyl (C=O) groups is 1. The smallest absolute Gasteiger partial charge is 0.223 e. The number of hydrogen-bond donors (Lipinski definition) is 1. The van der Waals surface area contributed by atoms with Crippen LogP contribution in [0.15, 0.2) is 10.6 Å². The lowest BCUT2D eigenvalue weighted by atomic mass is 9.99. The van der Waals surface area contributed by atoms with E-state index >= 15 is 0 Å². The molecule has 0 spiro atoms. The first-order valence-corrected chi connectivity index (χ1v) is 6.88. The number of aromatic nitrogens is 1. The topological polar surface area (TPSA) is 72.4 Å². The van der Waals surface area contributed by atoms with Crippen LogP contribution in [0.5, 0.6) is 0 Å². The van der Waals surface area contributed by atoms with Crippen LogP contribution < -0.4 is 5.73 Å². The normalized spacial score (nSPS) is 20.0.